The second-order valence-electron chi connectivity index (χ2n) is 6.89. The summed E-state index contributed by atoms with van der Waals surface area (Å²) in [6.07, 6.45) is 0. The van der Waals surface area contributed by atoms with Crippen molar-refractivity contribution in [2.24, 2.45) is 0 Å². The van der Waals surface area contributed by atoms with Crippen molar-refractivity contribution < 1.29 is 4.74 Å². The summed E-state index contributed by atoms with van der Waals surface area (Å²) in [7, 11) is 1.77. The van der Waals surface area contributed by atoms with Crippen molar-refractivity contribution in [1.82, 2.24) is 4.57 Å². The summed E-state index contributed by atoms with van der Waals surface area (Å²) < 4.78 is 7.69. The number of hydrogen-bond acceptors (Lipinski definition) is 1. The minimum absolute atomic E-state index is 0.183. The highest BCUT2D eigenvalue weighted by molar-refractivity contribution is 5.82. The van der Waals surface area contributed by atoms with Crippen molar-refractivity contribution in [2.45, 2.75) is 52.5 Å². The minimum Gasteiger partial charge on any atom is -0.383 e. The fourth-order valence-corrected chi connectivity index (χ4v) is 2.65. The highest BCUT2D eigenvalue weighted by atomic mass is 16.5. The van der Waals surface area contributed by atoms with Gasteiger partial charge in [0, 0.05) is 24.9 Å². The van der Waals surface area contributed by atoms with E-state index in [0.717, 1.165) is 13.2 Å². The quantitative estimate of drug-likeness (QED) is 0.787. The molecule has 2 aromatic rings. The van der Waals surface area contributed by atoms with Crippen molar-refractivity contribution in [2.75, 3.05) is 13.7 Å². The third-order valence-electron chi connectivity index (χ3n) is 3.91. The van der Waals surface area contributed by atoms with Gasteiger partial charge in [0.25, 0.3) is 0 Å². The van der Waals surface area contributed by atoms with Crippen LogP contribution < -0.4 is 0 Å². The Hall–Kier alpha value is -1.28. The Morgan fingerprint density at radius 2 is 1.85 bits per heavy atom. The van der Waals surface area contributed by atoms with Crippen LogP contribution in [0.15, 0.2) is 24.3 Å². The second kappa shape index (κ2) is 5.61. The van der Waals surface area contributed by atoms with Gasteiger partial charge in [0.1, 0.15) is 0 Å². The average Bonchev–Trinajstić information content (AvgIpc) is 2.73. The number of rotatable bonds is 4. The molecular weight excluding hydrogens is 246 g/mol. The third-order valence-corrected chi connectivity index (χ3v) is 3.91. The Morgan fingerprint density at radius 3 is 2.40 bits per heavy atom. The Bertz CT molecular complexity index is 587. The fraction of sp³-hybridized carbons (Fsp3) is 0.556. The maximum Gasteiger partial charge on any atom is 0.0642 e. The van der Waals surface area contributed by atoms with E-state index in [1.165, 1.54) is 22.2 Å². The molecule has 2 nitrogen and oxygen atoms in total. The van der Waals surface area contributed by atoms with Crippen LogP contribution in [0, 0.1) is 0 Å². The molecule has 0 fully saturated rings. The van der Waals surface area contributed by atoms with E-state index in [1.807, 2.05) is 0 Å². The molecule has 0 aliphatic rings. The minimum atomic E-state index is 0.183. The summed E-state index contributed by atoms with van der Waals surface area (Å²) in [4.78, 5) is 0. The largest absolute Gasteiger partial charge is 0.383 e. The molecule has 0 atom stereocenters. The molecule has 2 heteroatoms. The highest BCUT2D eigenvalue weighted by Gasteiger charge is 2.17. The van der Waals surface area contributed by atoms with Crippen LogP contribution in [-0.2, 0) is 16.7 Å². The van der Waals surface area contributed by atoms with E-state index < -0.39 is 0 Å². The molecule has 2 rings (SSSR count). The molecule has 1 aromatic heterocycles. The summed E-state index contributed by atoms with van der Waals surface area (Å²) in [5, 5.41) is 1.33. The first-order chi connectivity index (χ1) is 9.34. The summed E-state index contributed by atoms with van der Waals surface area (Å²) in [5.41, 5.74) is 4.29. The third kappa shape index (κ3) is 2.90. The van der Waals surface area contributed by atoms with Crippen LogP contribution in [0.5, 0.6) is 0 Å². The first kappa shape index (κ1) is 15.1. The van der Waals surface area contributed by atoms with Crippen molar-refractivity contribution in [3.8, 4) is 0 Å². The fourth-order valence-electron chi connectivity index (χ4n) is 2.65. The number of benzene rings is 1. The SMILES string of the molecule is COCCn1c(C(C)C)cc2ccc(C(C)(C)C)cc21. The Morgan fingerprint density at radius 1 is 1.15 bits per heavy atom. The lowest BCUT2D eigenvalue weighted by Gasteiger charge is -2.20. The van der Waals surface area contributed by atoms with Crippen LogP contribution in [0.1, 0.15) is 51.8 Å². The molecule has 1 heterocycles. The normalized spacial score (nSPS) is 12.6. The van der Waals surface area contributed by atoms with Crippen LogP contribution in [0.3, 0.4) is 0 Å². The molecule has 0 radical (unpaired) electrons. The highest BCUT2D eigenvalue weighted by Crippen LogP contribution is 2.30. The van der Waals surface area contributed by atoms with Crippen LogP contribution in [0.2, 0.25) is 0 Å². The van der Waals surface area contributed by atoms with Crippen molar-refractivity contribution in [3.05, 3.63) is 35.5 Å². The van der Waals surface area contributed by atoms with Gasteiger partial charge in [0.15, 0.2) is 0 Å². The molecule has 0 amide bonds. The standard InChI is InChI=1S/C18H27NO/c1-13(2)16-11-14-7-8-15(18(3,4)5)12-17(14)19(16)9-10-20-6/h7-8,11-13H,9-10H2,1-6H3. The van der Waals surface area contributed by atoms with Gasteiger partial charge in [0.05, 0.1) is 6.61 Å². The van der Waals surface area contributed by atoms with E-state index in [9.17, 15) is 0 Å². The lowest BCUT2D eigenvalue weighted by atomic mass is 9.87. The van der Waals surface area contributed by atoms with E-state index in [-0.39, 0.29) is 5.41 Å². The maximum atomic E-state index is 5.28. The van der Waals surface area contributed by atoms with Crippen LogP contribution in [0.25, 0.3) is 10.9 Å². The average molecular weight is 273 g/mol. The van der Waals surface area contributed by atoms with E-state index in [4.69, 9.17) is 4.74 Å². The molecule has 0 spiro atoms. The zero-order chi connectivity index (χ0) is 14.9. The lowest BCUT2D eigenvalue weighted by Crippen LogP contribution is -2.12. The monoisotopic (exact) mass is 273 g/mol. The number of fused-ring (bicyclic) bond motifs is 1. The van der Waals surface area contributed by atoms with E-state index in [1.54, 1.807) is 7.11 Å². The van der Waals surface area contributed by atoms with Gasteiger partial charge in [0.2, 0.25) is 0 Å². The molecule has 0 aliphatic carbocycles. The smallest absolute Gasteiger partial charge is 0.0642 e. The van der Waals surface area contributed by atoms with Crippen molar-refractivity contribution in [3.63, 3.8) is 0 Å². The number of hydrogen-bond donors (Lipinski definition) is 0. The van der Waals surface area contributed by atoms with Crippen LogP contribution in [-0.4, -0.2) is 18.3 Å². The van der Waals surface area contributed by atoms with Crippen LogP contribution >= 0.6 is 0 Å². The Kier molecular flexibility index (Phi) is 4.24. The lowest BCUT2D eigenvalue weighted by molar-refractivity contribution is 0.187. The van der Waals surface area contributed by atoms with Gasteiger partial charge in [-0.05, 0) is 34.4 Å². The van der Waals surface area contributed by atoms with E-state index in [2.05, 4.69) is 63.5 Å². The van der Waals surface area contributed by atoms with E-state index in [0.29, 0.717) is 5.92 Å². The summed E-state index contributed by atoms with van der Waals surface area (Å²) >= 11 is 0. The number of nitrogens with zero attached hydrogens (tertiary/aromatic N) is 1. The number of ether oxygens (including phenoxy) is 1. The van der Waals surface area contributed by atoms with Gasteiger partial charge in [-0.15, -0.1) is 0 Å². The second-order valence-corrected chi connectivity index (χ2v) is 6.89. The van der Waals surface area contributed by atoms with Gasteiger partial charge in [-0.1, -0.05) is 46.8 Å². The zero-order valence-electron chi connectivity index (χ0n) is 13.7. The van der Waals surface area contributed by atoms with Crippen LogP contribution in [0.4, 0.5) is 0 Å². The molecule has 20 heavy (non-hydrogen) atoms. The molecule has 0 unspecified atom stereocenters. The first-order valence-electron chi connectivity index (χ1n) is 7.47. The van der Waals surface area contributed by atoms with E-state index >= 15 is 0 Å². The van der Waals surface area contributed by atoms with Gasteiger partial charge in [-0.25, -0.2) is 0 Å². The molecular formula is C18H27NO. The molecule has 0 saturated carbocycles. The topological polar surface area (TPSA) is 14.2 Å². The Labute approximate surface area is 122 Å². The molecule has 0 N–H and O–H groups in total. The van der Waals surface area contributed by atoms with Crippen molar-refractivity contribution >= 4 is 10.9 Å². The van der Waals surface area contributed by atoms with Gasteiger partial charge < -0.3 is 9.30 Å². The first-order valence-corrected chi connectivity index (χ1v) is 7.47. The van der Waals surface area contributed by atoms with Crippen molar-refractivity contribution in [1.29, 1.82) is 0 Å². The summed E-state index contributed by atoms with van der Waals surface area (Å²) in [6.45, 7) is 13.0. The zero-order valence-corrected chi connectivity index (χ0v) is 13.7. The van der Waals surface area contributed by atoms with Gasteiger partial charge in [-0.3, -0.25) is 0 Å². The predicted molar refractivity (Wildman–Crippen MR) is 86.6 cm³/mol. The molecule has 110 valence electrons. The predicted octanol–water partition coefficient (Wildman–Crippen LogP) is 4.71. The summed E-state index contributed by atoms with van der Waals surface area (Å²) in [5.74, 6) is 0.525. The summed E-state index contributed by atoms with van der Waals surface area (Å²) in [6, 6.07) is 9.18. The molecule has 0 bridgehead atoms. The molecule has 1 aromatic carbocycles. The molecule has 0 saturated heterocycles. The number of aromatic nitrogens is 1. The Balaban J connectivity index is 2.59. The maximum absolute atomic E-state index is 5.28. The number of methoxy groups -OCH3 is 1. The molecule has 0 aliphatic heterocycles. The van der Waals surface area contributed by atoms with Gasteiger partial charge in [-0.2, -0.15) is 0 Å². The van der Waals surface area contributed by atoms with Gasteiger partial charge >= 0.3 is 0 Å².